The SMILES string of the molecule is C[C@@H](O)C/C=C\C[C@H](O)c1ccccc1. The van der Waals surface area contributed by atoms with Crippen LogP contribution < -0.4 is 0 Å². The van der Waals surface area contributed by atoms with Gasteiger partial charge in [0.25, 0.3) is 0 Å². The molecule has 2 nitrogen and oxygen atoms in total. The van der Waals surface area contributed by atoms with Crippen LogP contribution >= 0.6 is 0 Å². The fraction of sp³-hybridized carbons (Fsp3) is 0.385. The van der Waals surface area contributed by atoms with Gasteiger partial charge >= 0.3 is 0 Å². The largest absolute Gasteiger partial charge is 0.393 e. The van der Waals surface area contributed by atoms with E-state index in [1.54, 1.807) is 6.92 Å². The van der Waals surface area contributed by atoms with Crippen LogP contribution in [0.25, 0.3) is 0 Å². The van der Waals surface area contributed by atoms with Gasteiger partial charge in [-0.05, 0) is 25.3 Å². The van der Waals surface area contributed by atoms with Crippen molar-refractivity contribution in [1.29, 1.82) is 0 Å². The van der Waals surface area contributed by atoms with Gasteiger partial charge in [0, 0.05) is 0 Å². The molecule has 0 radical (unpaired) electrons. The Balaban J connectivity index is 2.37. The first-order valence-electron chi connectivity index (χ1n) is 5.26. The van der Waals surface area contributed by atoms with E-state index in [2.05, 4.69) is 0 Å². The summed E-state index contributed by atoms with van der Waals surface area (Å²) in [5.41, 5.74) is 0.930. The molecule has 0 aromatic heterocycles. The van der Waals surface area contributed by atoms with Gasteiger partial charge in [-0.25, -0.2) is 0 Å². The molecule has 2 N–H and O–H groups in total. The molecule has 82 valence electrons. The van der Waals surface area contributed by atoms with Crippen molar-refractivity contribution >= 4 is 0 Å². The zero-order valence-electron chi connectivity index (χ0n) is 9.00. The Kier molecular flexibility index (Phi) is 5.08. The number of aliphatic hydroxyl groups excluding tert-OH is 2. The van der Waals surface area contributed by atoms with E-state index >= 15 is 0 Å². The van der Waals surface area contributed by atoms with Crippen molar-refractivity contribution in [2.24, 2.45) is 0 Å². The van der Waals surface area contributed by atoms with E-state index < -0.39 is 6.10 Å². The topological polar surface area (TPSA) is 40.5 Å². The van der Waals surface area contributed by atoms with Crippen LogP contribution in [0.3, 0.4) is 0 Å². The second-order valence-electron chi connectivity index (χ2n) is 3.72. The van der Waals surface area contributed by atoms with E-state index in [1.807, 2.05) is 42.5 Å². The smallest absolute Gasteiger partial charge is 0.0824 e. The van der Waals surface area contributed by atoms with Crippen LogP contribution in [-0.4, -0.2) is 16.3 Å². The monoisotopic (exact) mass is 206 g/mol. The highest BCUT2D eigenvalue weighted by Crippen LogP contribution is 2.16. The zero-order valence-corrected chi connectivity index (χ0v) is 9.00. The van der Waals surface area contributed by atoms with Gasteiger partial charge in [-0.15, -0.1) is 0 Å². The lowest BCUT2D eigenvalue weighted by Gasteiger charge is -2.07. The molecule has 2 heteroatoms. The molecule has 0 aliphatic heterocycles. The van der Waals surface area contributed by atoms with Gasteiger partial charge < -0.3 is 10.2 Å². The molecule has 1 aromatic rings. The molecule has 0 unspecified atom stereocenters. The first kappa shape index (κ1) is 12.0. The van der Waals surface area contributed by atoms with E-state index in [0.29, 0.717) is 12.8 Å². The molecule has 15 heavy (non-hydrogen) atoms. The van der Waals surface area contributed by atoms with E-state index in [0.717, 1.165) is 5.56 Å². The van der Waals surface area contributed by atoms with Gasteiger partial charge in [-0.2, -0.15) is 0 Å². The first-order chi connectivity index (χ1) is 7.20. The minimum Gasteiger partial charge on any atom is -0.393 e. The van der Waals surface area contributed by atoms with Gasteiger partial charge in [0.05, 0.1) is 12.2 Å². The Bertz CT molecular complexity index is 291. The molecule has 0 amide bonds. The average Bonchev–Trinajstić information content (AvgIpc) is 2.25. The molecule has 0 aliphatic rings. The number of benzene rings is 1. The van der Waals surface area contributed by atoms with Crippen LogP contribution in [0.15, 0.2) is 42.5 Å². The molecule has 0 aliphatic carbocycles. The number of hydrogen-bond donors (Lipinski definition) is 2. The molecular formula is C13H18O2. The summed E-state index contributed by atoms with van der Waals surface area (Å²) in [7, 11) is 0. The minimum absolute atomic E-state index is 0.310. The van der Waals surface area contributed by atoms with Crippen molar-refractivity contribution < 1.29 is 10.2 Å². The summed E-state index contributed by atoms with van der Waals surface area (Å²) in [6.45, 7) is 1.75. The second-order valence-corrected chi connectivity index (χ2v) is 3.72. The van der Waals surface area contributed by atoms with Crippen LogP contribution in [-0.2, 0) is 0 Å². The maximum atomic E-state index is 9.77. The summed E-state index contributed by atoms with van der Waals surface area (Å²) in [6.07, 6.45) is 4.28. The Labute approximate surface area is 90.9 Å². The molecule has 0 saturated heterocycles. The van der Waals surface area contributed by atoms with Gasteiger partial charge in [0.15, 0.2) is 0 Å². The lowest BCUT2D eigenvalue weighted by Crippen LogP contribution is -1.97. The summed E-state index contributed by atoms with van der Waals surface area (Å²) in [4.78, 5) is 0. The van der Waals surface area contributed by atoms with Crippen LogP contribution in [0.4, 0.5) is 0 Å². The standard InChI is InChI=1S/C13H18O2/c1-11(14)7-5-6-10-13(15)12-8-3-2-4-9-12/h2-6,8-9,11,13-15H,7,10H2,1H3/b6-5-/t11-,13+/m1/s1. The van der Waals surface area contributed by atoms with Crippen molar-refractivity contribution in [3.63, 3.8) is 0 Å². The lowest BCUT2D eigenvalue weighted by atomic mass is 10.1. The van der Waals surface area contributed by atoms with E-state index in [1.165, 1.54) is 0 Å². The quantitative estimate of drug-likeness (QED) is 0.726. The number of hydrogen-bond acceptors (Lipinski definition) is 2. The number of aliphatic hydroxyl groups is 2. The normalized spacial score (nSPS) is 15.4. The van der Waals surface area contributed by atoms with Crippen LogP contribution in [0.5, 0.6) is 0 Å². The number of rotatable bonds is 5. The Hall–Kier alpha value is -1.12. The molecule has 1 aromatic carbocycles. The van der Waals surface area contributed by atoms with Gasteiger partial charge in [-0.1, -0.05) is 42.5 Å². The van der Waals surface area contributed by atoms with Crippen LogP contribution in [0, 0.1) is 0 Å². The van der Waals surface area contributed by atoms with Crippen LogP contribution in [0.1, 0.15) is 31.4 Å². The molecule has 0 heterocycles. The Morgan fingerprint density at radius 1 is 1.07 bits per heavy atom. The fourth-order valence-electron chi connectivity index (χ4n) is 1.33. The summed E-state index contributed by atoms with van der Waals surface area (Å²) in [5.74, 6) is 0. The molecule has 0 bridgehead atoms. The minimum atomic E-state index is -0.448. The Morgan fingerprint density at radius 2 is 1.67 bits per heavy atom. The molecule has 0 saturated carbocycles. The van der Waals surface area contributed by atoms with Gasteiger partial charge in [-0.3, -0.25) is 0 Å². The first-order valence-corrected chi connectivity index (χ1v) is 5.26. The van der Waals surface area contributed by atoms with Gasteiger partial charge in [0.2, 0.25) is 0 Å². The molecule has 2 atom stereocenters. The second kappa shape index (κ2) is 6.38. The van der Waals surface area contributed by atoms with Crippen molar-refractivity contribution in [3.8, 4) is 0 Å². The van der Waals surface area contributed by atoms with Crippen molar-refractivity contribution in [2.75, 3.05) is 0 Å². The third-order valence-corrected chi connectivity index (χ3v) is 2.19. The van der Waals surface area contributed by atoms with E-state index in [-0.39, 0.29) is 6.10 Å². The van der Waals surface area contributed by atoms with Crippen molar-refractivity contribution in [3.05, 3.63) is 48.0 Å². The molecule has 0 spiro atoms. The summed E-state index contributed by atoms with van der Waals surface area (Å²) in [5, 5.41) is 18.8. The maximum absolute atomic E-state index is 9.77. The predicted octanol–water partition coefficient (Wildman–Crippen LogP) is 2.44. The summed E-state index contributed by atoms with van der Waals surface area (Å²) in [6, 6.07) is 9.58. The average molecular weight is 206 g/mol. The third kappa shape index (κ3) is 4.77. The highest BCUT2D eigenvalue weighted by Gasteiger charge is 2.03. The third-order valence-electron chi connectivity index (χ3n) is 2.19. The molecule has 0 fully saturated rings. The summed E-state index contributed by atoms with van der Waals surface area (Å²) < 4.78 is 0. The predicted molar refractivity (Wildman–Crippen MR) is 61.5 cm³/mol. The summed E-state index contributed by atoms with van der Waals surface area (Å²) >= 11 is 0. The maximum Gasteiger partial charge on any atom is 0.0824 e. The zero-order chi connectivity index (χ0) is 11.1. The van der Waals surface area contributed by atoms with Gasteiger partial charge in [0.1, 0.15) is 0 Å². The van der Waals surface area contributed by atoms with E-state index in [4.69, 9.17) is 5.11 Å². The van der Waals surface area contributed by atoms with Crippen LogP contribution in [0.2, 0.25) is 0 Å². The van der Waals surface area contributed by atoms with Crippen molar-refractivity contribution in [2.45, 2.75) is 32.0 Å². The molecular weight excluding hydrogens is 188 g/mol. The lowest BCUT2D eigenvalue weighted by molar-refractivity contribution is 0.180. The highest BCUT2D eigenvalue weighted by molar-refractivity contribution is 5.17. The highest BCUT2D eigenvalue weighted by atomic mass is 16.3. The van der Waals surface area contributed by atoms with E-state index in [9.17, 15) is 5.11 Å². The molecule has 1 rings (SSSR count). The van der Waals surface area contributed by atoms with Crippen molar-refractivity contribution in [1.82, 2.24) is 0 Å². The Morgan fingerprint density at radius 3 is 2.27 bits per heavy atom. The fourth-order valence-corrected chi connectivity index (χ4v) is 1.33.